The molecule has 0 N–H and O–H groups in total. The average Bonchev–Trinajstić information content (AvgIpc) is 3.75. The highest BCUT2D eigenvalue weighted by Crippen LogP contribution is 2.46. The third-order valence-electron chi connectivity index (χ3n) is 7.98. The molecule has 0 saturated carbocycles. The molecule has 0 fully saturated rings. The van der Waals surface area contributed by atoms with E-state index in [0.717, 1.165) is 32.7 Å². The van der Waals surface area contributed by atoms with Crippen molar-refractivity contribution in [2.24, 2.45) is 0 Å². The van der Waals surface area contributed by atoms with Crippen molar-refractivity contribution in [1.82, 2.24) is 0 Å². The third kappa shape index (κ3) is 3.68. The molecule has 0 aliphatic carbocycles. The van der Waals surface area contributed by atoms with Gasteiger partial charge in [0.2, 0.25) is 0 Å². The predicted octanol–water partition coefficient (Wildman–Crippen LogP) is 11.8. The summed E-state index contributed by atoms with van der Waals surface area (Å²) in [5, 5.41) is 3.75. The molecule has 3 heteroatoms. The predicted molar refractivity (Wildman–Crippen MR) is 179 cm³/mol. The van der Waals surface area contributed by atoms with Crippen molar-refractivity contribution < 1.29 is 18.4 Å². The number of anilines is 3. The van der Waals surface area contributed by atoms with Gasteiger partial charge in [-0.2, -0.15) is 0 Å². The Hall–Kier alpha value is -5.80. The molecule has 0 saturated heterocycles. The van der Waals surface area contributed by atoms with E-state index in [2.05, 4.69) is 6.07 Å². The van der Waals surface area contributed by atoms with Crippen LogP contribution in [0, 0.1) is 0 Å². The molecular formula is C40H25NO2. The van der Waals surface area contributed by atoms with E-state index in [0.29, 0.717) is 22.5 Å². The number of hydrogen-bond donors (Lipinski definition) is 0. The van der Waals surface area contributed by atoms with Crippen LogP contribution in [0.4, 0.5) is 17.1 Å². The van der Waals surface area contributed by atoms with Gasteiger partial charge in [-0.25, -0.2) is 0 Å². The average molecular weight is 559 g/mol. The van der Waals surface area contributed by atoms with E-state index in [1.165, 1.54) is 0 Å². The summed E-state index contributed by atoms with van der Waals surface area (Å²) < 4.78 is 74.1. The maximum atomic E-state index is 9.31. The van der Waals surface area contributed by atoms with Crippen molar-refractivity contribution in [3.63, 3.8) is 0 Å². The van der Waals surface area contributed by atoms with Crippen molar-refractivity contribution in [2.45, 2.75) is 0 Å². The van der Waals surface area contributed by atoms with E-state index in [4.69, 9.17) is 17.1 Å². The van der Waals surface area contributed by atoms with Crippen LogP contribution in [0.1, 0.15) is 9.60 Å². The Morgan fingerprint density at radius 1 is 0.442 bits per heavy atom. The minimum atomic E-state index is -0.473. The Morgan fingerprint density at radius 2 is 1.16 bits per heavy atom. The summed E-state index contributed by atoms with van der Waals surface area (Å²) in [5.74, 6) is 0. The van der Waals surface area contributed by atoms with Crippen molar-refractivity contribution >= 4 is 71.7 Å². The Bertz CT molecular complexity index is 2840. The molecule has 0 aliphatic rings. The first-order valence-corrected chi connectivity index (χ1v) is 14.0. The number of hydrogen-bond acceptors (Lipinski definition) is 3. The molecule has 7 aromatic carbocycles. The largest absolute Gasteiger partial charge is 0.454 e. The smallest absolute Gasteiger partial charge is 0.159 e. The van der Waals surface area contributed by atoms with Crippen LogP contribution >= 0.6 is 0 Å². The van der Waals surface area contributed by atoms with E-state index in [1.54, 1.807) is 4.90 Å². The maximum absolute atomic E-state index is 9.31. The molecule has 0 bridgehead atoms. The van der Waals surface area contributed by atoms with E-state index in [1.807, 2.05) is 103 Å². The lowest BCUT2D eigenvalue weighted by Gasteiger charge is -2.25. The van der Waals surface area contributed by atoms with Crippen molar-refractivity contribution in [2.75, 3.05) is 4.90 Å². The van der Waals surface area contributed by atoms with Crippen LogP contribution in [-0.4, -0.2) is 0 Å². The molecule has 0 amide bonds. The fraction of sp³-hybridized carbons (Fsp3) is 0. The second kappa shape index (κ2) is 9.37. The molecule has 0 aliphatic heterocycles. The number of fused-ring (bicyclic) bond motifs is 8. The second-order valence-corrected chi connectivity index (χ2v) is 10.4. The molecule has 0 radical (unpaired) electrons. The molecule has 0 atom stereocenters. The molecule has 0 spiro atoms. The topological polar surface area (TPSA) is 29.5 Å². The van der Waals surface area contributed by atoms with Crippen LogP contribution < -0.4 is 4.90 Å². The molecule has 2 heterocycles. The number of furan rings is 2. The van der Waals surface area contributed by atoms with Crippen LogP contribution in [0.5, 0.6) is 0 Å². The molecule has 3 nitrogen and oxygen atoms in total. The highest BCUT2D eigenvalue weighted by Gasteiger charge is 2.23. The Labute approximate surface area is 257 Å². The highest BCUT2D eigenvalue weighted by molar-refractivity contribution is 6.18. The number of nitrogens with zero attached hydrogens (tertiary/aromatic N) is 1. The summed E-state index contributed by atoms with van der Waals surface area (Å²) in [5.41, 5.74) is 4.34. The summed E-state index contributed by atoms with van der Waals surface area (Å²) in [7, 11) is 0. The number of rotatable bonds is 4. The summed E-state index contributed by atoms with van der Waals surface area (Å²) in [6.45, 7) is 0. The lowest BCUT2D eigenvalue weighted by Crippen LogP contribution is -2.10. The molecule has 202 valence electrons. The first-order chi connectivity index (χ1) is 24.2. The van der Waals surface area contributed by atoms with Gasteiger partial charge >= 0.3 is 0 Å². The molecule has 2 aromatic heterocycles. The summed E-state index contributed by atoms with van der Waals surface area (Å²) in [6.07, 6.45) is 0. The van der Waals surface area contributed by atoms with Crippen LogP contribution in [-0.2, 0) is 0 Å². The van der Waals surface area contributed by atoms with E-state index >= 15 is 0 Å². The zero-order valence-corrected chi connectivity index (χ0v) is 22.7. The monoisotopic (exact) mass is 558 g/mol. The minimum absolute atomic E-state index is 0.00135. The van der Waals surface area contributed by atoms with E-state index in [9.17, 15) is 1.37 Å². The normalized spacial score (nSPS) is 14.0. The van der Waals surface area contributed by atoms with Gasteiger partial charge in [0.1, 0.15) is 11.2 Å². The van der Waals surface area contributed by atoms with Gasteiger partial charge in [-0.3, -0.25) is 0 Å². The van der Waals surface area contributed by atoms with Crippen LogP contribution in [0.3, 0.4) is 0 Å². The quantitative estimate of drug-likeness (QED) is 0.215. The van der Waals surface area contributed by atoms with Crippen LogP contribution in [0.2, 0.25) is 0 Å². The van der Waals surface area contributed by atoms with Crippen LogP contribution in [0.25, 0.3) is 65.8 Å². The van der Waals surface area contributed by atoms with Crippen molar-refractivity contribution in [3.05, 3.63) is 151 Å². The Kier molecular flexibility index (Phi) is 3.90. The fourth-order valence-electron chi connectivity index (χ4n) is 5.98. The van der Waals surface area contributed by atoms with Gasteiger partial charge < -0.3 is 13.7 Å². The van der Waals surface area contributed by atoms with Crippen LogP contribution in [0.15, 0.2) is 160 Å². The zero-order valence-electron chi connectivity index (χ0n) is 29.7. The minimum Gasteiger partial charge on any atom is -0.454 e. The second-order valence-electron chi connectivity index (χ2n) is 10.4. The van der Waals surface area contributed by atoms with Crippen molar-refractivity contribution in [1.29, 1.82) is 0 Å². The fourth-order valence-corrected chi connectivity index (χ4v) is 5.98. The standard InChI is InChI=1S/C40H25NO2/c1-2-10-26(11-3-1)27-20-23-29(24-21-27)41(35-17-8-15-32-31-14-6-7-19-37(31)42-39(32)35)36-18-9-16-33-34-25-22-28-12-4-5-13-30(28)38(34)43-40(33)36/h1-25H/i6D,7D,8D,14D,15D,17D,19D. The highest BCUT2D eigenvalue weighted by atomic mass is 16.3. The lowest BCUT2D eigenvalue weighted by atomic mass is 10.0. The van der Waals surface area contributed by atoms with Gasteiger partial charge in [0, 0.05) is 32.6 Å². The summed E-state index contributed by atoms with van der Waals surface area (Å²) in [4.78, 5) is 1.77. The number of benzene rings is 7. The van der Waals surface area contributed by atoms with Gasteiger partial charge in [0.25, 0.3) is 0 Å². The van der Waals surface area contributed by atoms with Gasteiger partial charge in [-0.15, -0.1) is 0 Å². The molecular weight excluding hydrogens is 526 g/mol. The SMILES string of the molecule is [2H]c1c([2H])c([2H])c2c(oc3c(N(c4ccc(-c5ccccc5)cc4)c4cccc5c4oc4c6ccccc6ccc54)c([2H])c([2H])c([2H])c32)c1[2H]. The van der Waals surface area contributed by atoms with Gasteiger partial charge in [-0.05, 0) is 52.9 Å². The van der Waals surface area contributed by atoms with Gasteiger partial charge in [0.05, 0.1) is 21.0 Å². The van der Waals surface area contributed by atoms with Gasteiger partial charge in [0.15, 0.2) is 11.2 Å². The maximum Gasteiger partial charge on any atom is 0.159 e. The molecule has 9 aromatic rings. The van der Waals surface area contributed by atoms with Crippen molar-refractivity contribution in [3.8, 4) is 11.1 Å². The first-order valence-electron chi connectivity index (χ1n) is 17.5. The zero-order chi connectivity index (χ0) is 34.4. The molecule has 9 rings (SSSR count). The Morgan fingerprint density at radius 3 is 2.07 bits per heavy atom. The molecule has 43 heavy (non-hydrogen) atoms. The summed E-state index contributed by atoms with van der Waals surface area (Å²) >= 11 is 0. The summed E-state index contributed by atoms with van der Waals surface area (Å²) in [6, 6.07) is 32.7. The van der Waals surface area contributed by atoms with E-state index < -0.39 is 24.2 Å². The van der Waals surface area contributed by atoms with Gasteiger partial charge in [-0.1, -0.05) is 115 Å². The molecule has 0 unspecified atom stereocenters. The van der Waals surface area contributed by atoms with E-state index in [-0.39, 0.29) is 45.8 Å². The lowest BCUT2D eigenvalue weighted by molar-refractivity contribution is 0.667. The Balaban J connectivity index is 1.41. The third-order valence-corrected chi connectivity index (χ3v) is 7.98. The number of para-hydroxylation sites is 3. The first kappa shape index (κ1) is 17.9.